The van der Waals surface area contributed by atoms with Crippen molar-refractivity contribution in [1.82, 2.24) is 9.78 Å². The van der Waals surface area contributed by atoms with E-state index in [1.165, 1.54) is 7.05 Å². The molecule has 7 heteroatoms. The first-order chi connectivity index (χ1) is 6.06. The van der Waals surface area contributed by atoms with Crippen molar-refractivity contribution < 1.29 is 18.6 Å². The van der Waals surface area contributed by atoms with E-state index in [4.69, 9.17) is 5.11 Å². The van der Waals surface area contributed by atoms with E-state index in [0.29, 0.717) is 0 Å². The quantitative estimate of drug-likeness (QED) is 0.887. The van der Waals surface area contributed by atoms with Crippen molar-refractivity contribution >= 4 is 15.9 Å². The lowest BCUT2D eigenvalue weighted by Gasteiger charge is -2.03. The van der Waals surface area contributed by atoms with Crippen molar-refractivity contribution in [3.8, 4) is 5.88 Å². The van der Waals surface area contributed by atoms with Crippen molar-refractivity contribution in [2.24, 2.45) is 7.05 Å². The number of hydrogen-bond donors (Lipinski definition) is 1. The Morgan fingerprint density at radius 2 is 2.31 bits per heavy atom. The van der Waals surface area contributed by atoms with Crippen LogP contribution in [0.5, 0.6) is 5.88 Å². The third-order valence-electron chi connectivity index (χ3n) is 1.36. The van der Waals surface area contributed by atoms with Gasteiger partial charge in [0, 0.05) is 7.05 Å². The fourth-order valence-electron chi connectivity index (χ4n) is 0.849. The summed E-state index contributed by atoms with van der Waals surface area (Å²) in [4.78, 5) is 0. The molecular formula is C6H7BrF2N2O2. The molecule has 0 saturated carbocycles. The molecule has 13 heavy (non-hydrogen) atoms. The second kappa shape index (κ2) is 4.01. The van der Waals surface area contributed by atoms with Crippen LogP contribution < -0.4 is 4.74 Å². The number of rotatable bonds is 3. The highest BCUT2D eigenvalue weighted by Gasteiger charge is 2.17. The summed E-state index contributed by atoms with van der Waals surface area (Å²) in [6.45, 7) is -3.24. The average molecular weight is 257 g/mol. The van der Waals surface area contributed by atoms with Crippen molar-refractivity contribution in [1.29, 1.82) is 0 Å². The highest BCUT2D eigenvalue weighted by Crippen LogP contribution is 2.29. The Morgan fingerprint density at radius 3 is 2.69 bits per heavy atom. The molecule has 0 saturated heterocycles. The number of hydrogen-bond acceptors (Lipinski definition) is 3. The molecule has 1 N–H and O–H groups in total. The normalized spacial score (nSPS) is 10.9. The maximum Gasteiger partial charge on any atom is 0.388 e. The molecule has 1 rings (SSSR count). The van der Waals surface area contributed by atoms with E-state index in [2.05, 4.69) is 25.8 Å². The first kappa shape index (κ1) is 10.4. The van der Waals surface area contributed by atoms with E-state index in [-0.39, 0.29) is 22.7 Å². The lowest BCUT2D eigenvalue weighted by Crippen LogP contribution is -2.06. The number of halogens is 3. The second-order valence-electron chi connectivity index (χ2n) is 2.23. The van der Waals surface area contributed by atoms with Gasteiger partial charge in [0.2, 0.25) is 5.88 Å². The van der Waals surface area contributed by atoms with Crippen LogP contribution in [0, 0.1) is 0 Å². The van der Waals surface area contributed by atoms with Gasteiger partial charge in [-0.25, -0.2) is 4.68 Å². The highest BCUT2D eigenvalue weighted by molar-refractivity contribution is 9.10. The number of aromatic nitrogens is 2. The number of alkyl halides is 2. The molecule has 0 aliphatic heterocycles. The molecule has 0 aromatic carbocycles. The van der Waals surface area contributed by atoms with Crippen LogP contribution in [-0.4, -0.2) is 21.5 Å². The van der Waals surface area contributed by atoms with Gasteiger partial charge in [-0.05, 0) is 15.9 Å². The van der Waals surface area contributed by atoms with E-state index in [1.54, 1.807) is 0 Å². The van der Waals surface area contributed by atoms with Gasteiger partial charge in [-0.2, -0.15) is 13.9 Å². The van der Waals surface area contributed by atoms with Crippen molar-refractivity contribution in [2.45, 2.75) is 13.2 Å². The Labute approximate surface area is 81.2 Å². The van der Waals surface area contributed by atoms with Gasteiger partial charge < -0.3 is 9.84 Å². The van der Waals surface area contributed by atoms with E-state index in [1.807, 2.05) is 0 Å². The van der Waals surface area contributed by atoms with E-state index in [9.17, 15) is 8.78 Å². The Bertz CT molecular complexity index is 303. The Hall–Kier alpha value is -0.690. The van der Waals surface area contributed by atoms with Crippen LogP contribution in [0.3, 0.4) is 0 Å². The summed E-state index contributed by atoms with van der Waals surface area (Å²) < 4.78 is 29.2. The maximum absolute atomic E-state index is 11.8. The smallest absolute Gasteiger partial charge is 0.388 e. The van der Waals surface area contributed by atoms with E-state index < -0.39 is 6.61 Å². The molecule has 1 heterocycles. The van der Waals surface area contributed by atoms with E-state index >= 15 is 0 Å². The number of aliphatic hydroxyl groups is 1. The third kappa shape index (κ3) is 2.16. The SMILES string of the molecule is Cn1nc(CO)c(Br)c1OC(F)F. The minimum absolute atomic E-state index is 0.0981. The number of aryl methyl sites for hydroxylation is 1. The van der Waals surface area contributed by atoms with Crippen LogP contribution in [0.25, 0.3) is 0 Å². The fraction of sp³-hybridized carbons (Fsp3) is 0.500. The van der Waals surface area contributed by atoms with Gasteiger partial charge in [-0.1, -0.05) is 0 Å². The molecule has 0 aliphatic rings. The van der Waals surface area contributed by atoms with Crippen LogP contribution in [-0.2, 0) is 13.7 Å². The van der Waals surface area contributed by atoms with Crippen molar-refractivity contribution in [3.63, 3.8) is 0 Å². The summed E-state index contributed by atoms with van der Waals surface area (Å²) in [5.74, 6) is -0.0981. The first-order valence-corrected chi connectivity index (χ1v) is 4.12. The van der Waals surface area contributed by atoms with Gasteiger partial charge in [0.15, 0.2) is 0 Å². The maximum atomic E-state index is 11.8. The molecule has 1 aromatic rings. The van der Waals surface area contributed by atoms with Gasteiger partial charge in [0.1, 0.15) is 10.2 Å². The number of nitrogens with zero attached hydrogens (tertiary/aromatic N) is 2. The lowest BCUT2D eigenvalue weighted by molar-refractivity contribution is -0.0558. The summed E-state index contributed by atoms with van der Waals surface area (Å²) in [5, 5.41) is 12.5. The summed E-state index contributed by atoms with van der Waals surface area (Å²) in [7, 11) is 1.45. The zero-order valence-corrected chi connectivity index (χ0v) is 8.25. The average Bonchev–Trinajstić information content (AvgIpc) is 2.31. The van der Waals surface area contributed by atoms with Crippen LogP contribution in [0.1, 0.15) is 5.69 Å². The second-order valence-corrected chi connectivity index (χ2v) is 3.02. The van der Waals surface area contributed by atoms with Crippen molar-refractivity contribution in [2.75, 3.05) is 0 Å². The molecule has 0 atom stereocenters. The Balaban J connectivity index is 2.98. The molecule has 4 nitrogen and oxygen atoms in total. The lowest BCUT2D eigenvalue weighted by atomic mass is 10.5. The Morgan fingerprint density at radius 1 is 1.69 bits per heavy atom. The zero-order chi connectivity index (χ0) is 10.0. The predicted molar refractivity (Wildman–Crippen MR) is 43.5 cm³/mol. The largest absolute Gasteiger partial charge is 0.416 e. The molecule has 0 amide bonds. The predicted octanol–water partition coefficient (Wildman–Crippen LogP) is 1.28. The molecular weight excluding hydrogens is 250 g/mol. The summed E-state index contributed by atoms with van der Waals surface area (Å²) in [5.41, 5.74) is 0.262. The number of ether oxygens (including phenoxy) is 1. The van der Waals surface area contributed by atoms with Gasteiger partial charge in [0.25, 0.3) is 0 Å². The summed E-state index contributed by atoms with van der Waals surface area (Å²) in [6, 6.07) is 0. The third-order valence-corrected chi connectivity index (χ3v) is 2.15. The molecule has 1 aromatic heterocycles. The topological polar surface area (TPSA) is 47.3 Å². The summed E-state index contributed by atoms with van der Waals surface area (Å²) >= 11 is 2.99. The highest BCUT2D eigenvalue weighted by atomic mass is 79.9. The molecule has 0 aliphatic carbocycles. The summed E-state index contributed by atoms with van der Waals surface area (Å²) in [6.07, 6.45) is 0. The molecule has 0 unspecified atom stereocenters. The van der Waals surface area contributed by atoms with E-state index in [0.717, 1.165) is 4.68 Å². The molecule has 0 fully saturated rings. The van der Waals surface area contributed by atoms with Crippen LogP contribution in [0.15, 0.2) is 4.47 Å². The number of aliphatic hydroxyl groups excluding tert-OH is 1. The molecule has 74 valence electrons. The fourth-order valence-corrected chi connectivity index (χ4v) is 1.40. The van der Waals surface area contributed by atoms with Crippen LogP contribution in [0.4, 0.5) is 8.78 Å². The molecule has 0 radical (unpaired) electrons. The monoisotopic (exact) mass is 256 g/mol. The minimum Gasteiger partial charge on any atom is -0.416 e. The zero-order valence-electron chi connectivity index (χ0n) is 6.67. The van der Waals surface area contributed by atoms with Crippen LogP contribution >= 0.6 is 15.9 Å². The molecule has 0 bridgehead atoms. The standard InChI is InChI=1S/C6H7BrF2N2O2/c1-11-5(13-6(8)9)4(7)3(2-12)10-11/h6,12H,2H2,1H3. The first-order valence-electron chi connectivity index (χ1n) is 3.33. The molecule has 0 spiro atoms. The van der Waals surface area contributed by atoms with Crippen molar-refractivity contribution in [3.05, 3.63) is 10.2 Å². The van der Waals surface area contributed by atoms with Gasteiger partial charge >= 0.3 is 6.61 Å². The van der Waals surface area contributed by atoms with Gasteiger partial charge in [-0.3, -0.25) is 0 Å². The Kier molecular flexibility index (Phi) is 3.21. The van der Waals surface area contributed by atoms with Crippen LogP contribution in [0.2, 0.25) is 0 Å². The van der Waals surface area contributed by atoms with Gasteiger partial charge in [-0.15, -0.1) is 0 Å². The minimum atomic E-state index is -2.90. The van der Waals surface area contributed by atoms with Gasteiger partial charge in [0.05, 0.1) is 6.61 Å².